The Morgan fingerprint density at radius 2 is 1.31 bits per heavy atom. The lowest BCUT2D eigenvalue weighted by atomic mass is 10.0. The molecule has 2 rings (SSSR count). The SMILES string of the molecule is CCCCCCCCCCCCCCCCCc1ncc(C(=O)NCc2ccccc2)[nH]1. The largest absolute Gasteiger partial charge is 0.347 e. The summed E-state index contributed by atoms with van der Waals surface area (Å²) in [6.45, 7) is 2.82. The first-order valence-corrected chi connectivity index (χ1v) is 13.2. The number of aryl methyl sites for hydroxylation is 1. The van der Waals surface area contributed by atoms with Crippen molar-refractivity contribution in [1.82, 2.24) is 15.3 Å². The first kappa shape index (κ1) is 26.2. The van der Waals surface area contributed by atoms with Gasteiger partial charge in [0.15, 0.2) is 0 Å². The molecule has 4 heteroatoms. The maximum atomic E-state index is 12.3. The molecule has 1 heterocycles. The fourth-order valence-corrected chi connectivity index (χ4v) is 4.14. The predicted molar refractivity (Wildman–Crippen MR) is 135 cm³/mol. The van der Waals surface area contributed by atoms with E-state index in [4.69, 9.17) is 0 Å². The van der Waals surface area contributed by atoms with Gasteiger partial charge in [0, 0.05) is 13.0 Å². The molecule has 0 aliphatic rings. The second-order valence-electron chi connectivity index (χ2n) is 9.11. The summed E-state index contributed by atoms with van der Waals surface area (Å²) in [5, 5.41) is 2.94. The van der Waals surface area contributed by atoms with E-state index in [1.54, 1.807) is 6.20 Å². The van der Waals surface area contributed by atoms with E-state index in [0.29, 0.717) is 12.2 Å². The van der Waals surface area contributed by atoms with Gasteiger partial charge in [-0.15, -0.1) is 0 Å². The minimum Gasteiger partial charge on any atom is -0.347 e. The predicted octanol–water partition coefficient (Wildman–Crippen LogP) is 7.75. The van der Waals surface area contributed by atoms with E-state index in [9.17, 15) is 4.79 Å². The molecule has 1 aromatic heterocycles. The fraction of sp³-hybridized carbons (Fsp3) is 0.643. The Morgan fingerprint density at radius 1 is 0.781 bits per heavy atom. The van der Waals surface area contributed by atoms with Crippen LogP contribution in [0.1, 0.15) is 125 Å². The molecule has 0 saturated carbocycles. The van der Waals surface area contributed by atoms with Crippen molar-refractivity contribution in [3.8, 4) is 0 Å². The van der Waals surface area contributed by atoms with E-state index in [2.05, 4.69) is 22.2 Å². The Morgan fingerprint density at radius 3 is 1.88 bits per heavy atom. The van der Waals surface area contributed by atoms with Crippen molar-refractivity contribution in [2.75, 3.05) is 0 Å². The summed E-state index contributed by atoms with van der Waals surface area (Å²) >= 11 is 0. The van der Waals surface area contributed by atoms with Gasteiger partial charge in [0.05, 0.1) is 6.20 Å². The Hall–Kier alpha value is -2.10. The number of carbonyl (C=O) groups is 1. The van der Waals surface area contributed by atoms with E-state index in [-0.39, 0.29) is 5.91 Å². The van der Waals surface area contributed by atoms with Crippen LogP contribution in [-0.2, 0) is 13.0 Å². The molecule has 0 saturated heterocycles. The summed E-state index contributed by atoms with van der Waals surface area (Å²) in [5.41, 5.74) is 1.65. The van der Waals surface area contributed by atoms with Gasteiger partial charge in [-0.1, -0.05) is 127 Å². The van der Waals surface area contributed by atoms with Crippen LogP contribution in [-0.4, -0.2) is 15.9 Å². The Balaban J connectivity index is 1.41. The summed E-state index contributed by atoms with van der Waals surface area (Å²) in [6.07, 6.45) is 23.2. The Labute approximate surface area is 196 Å². The highest BCUT2D eigenvalue weighted by Gasteiger charge is 2.09. The number of amides is 1. The lowest BCUT2D eigenvalue weighted by Crippen LogP contribution is -2.23. The molecule has 0 unspecified atom stereocenters. The average molecular weight is 440 g/mol. The standard InChI is InChI=1S/C28H45N3O/c1-2-3-4-5-6-7-8-9-10-11-12-13-14-15-19-22-27-29-24-26(31-27)28(32)30-23-25-20-17-16-18-21-25/h16-18,20-21,24H,2-15,19,22-23H2,1H3,(H,29,31)(H,30,32). The molecule has 1 amide bonds. The number of aromatic amines is 1. The highest BCUT2D eigenvalue weighted by molar-refractivity contribution is 5.92. The molecule has 1 aromatic carbocycles. The number of unbranched alkanes of at least 4 members (excludes halogenated alkanes) is 14. The van der Waals surface area contributed by atoms with Crippen LogP contribution in [0.15, 0.2) is 36.5 Å². The first-order chi connectivity index (χ1) is 15.8. The third-order valence-corrected chi connectivity index (χ3v) is 6.19. The maximum Gasteiger partial charge on any atom is 0.269 e. The minimum absolute atomic E-state index is 0.0934. The number of H-pyrrole nitrogens is 1. The van der Waals surface area contributed by atoms with Crippen molar-refractivity contribution < 1.29 is 4.79 Å². The number of hydrogen-bond donors (Lipinski definition) is 2. The summed E-state index contributed by atoms with van der Waals surface area (Å²) in [6, 6.07) is 9.95. The van der Waals surface area contributed by atoms with Crippen molar-refractivity contribution in [2.45, 2.75) is 116 Å². The second-order valence-corrected chi connectivity index (χ2v) is 9.11. The zero-order valence-corrected chi connectivity index (χ0v) is 20.3. The third kappa shape index (κ3) is 12.1. The zero-order chi connectivity index (χ0) is 22.7. The van der Waals surface area contributed by atoms with E-state index in [0.717, 1.165) is 24.2 Å². The summed E-state index contributed by atoms with van der Waals surface area (Å²) in [7, 11) is 0. The van der Waals surface area contributed by atoms with Gasteiger partial charge < -0.3 is 10.3 Å². The van der Waals surface area contributed by atoms with Crippen molar-refractivity contribution in [3.63, 3.8) is 0 Å². The van der Waals surface area contributed by atoms with E-state index in [1.165, 1.54) is 89.9 Å². The molecule has 2 N–H and O–H groups in total. The lowest BCUT2D eigenvalue weighted by Gasteiger charge is -2.04. The molecule has 0 bridgehead atoms. The summed E-state index contributed by atoms with van der Waals surface area (Å²) < 4.78 is 0. The summed E-state index contributed by atoms with van der Waals surface area (Å²) in [5.74, 6) is 0.827. The average Bonchev–Trinajstić information content (AvgIpc) is 3.30. The Bertz CT molecular complexity index is 710. The molecule has 0 radical (unpaired) electrons. The van der Waals surface area contributed by atoms with E-state index in [1.807, 2.05) is 30.3 Å². The number of imidazole rings is 1. The number of aromatic nitrogens is 2. The van der Waals surface area contributed by atoms with Gasteiger partial charge in [-0.05, 0) is 12.0 Å². The number of carbonyl (C=O) groups excluding carboxylic acids is 1. The van der Waals surface area contributed by atoms with Gasteiger partial charge in [-0.25, -0.2) is 4.98 Å². The lowest BCUT2D eigenvalue weighted by molar-refractivity contribution is 0.0946. The molecule has 2 aromatic rings. The number of rotatable bonds is 19. The molecule has 0 atom stereocenters. The van der Waals surface area contributed by atoms with Crippen molar-refractivity contribution in [3.05, 3.63) is 53.6 Å². The Kier molecular flexibility index (Phi) is 14.3. The molecular weight excluding hydrogens is 394 g/mol. The van der Waals surface area contributed by atoms with Crippen LogP contribution < -0.4 is 5.32 Å². The number of hydrogen-bond acceptors (Lipinski definition) is 2. The normalized spacial score (nSPS) is 11.0. The van der Waals surface area contributed by atoms with Gasteiger partial charge in [0.2, 0.25) is 0 Å². The molecule has 0 spiro atoms. The van der Waals surface area contributed by atoms with Crippen molar-refractivity contribution in [2.24, 2.45) is 0 Å². The molecule has 32 heavy (non-hydrogen) atoms. The highest BCUT2D eigenvalue weighted by Crippen LogP contribution is 2.14. The first-order valence-electron chi connectivity index (χ1n) is 13.2. The third-order valence-electron chi connectivity index (χ3n) is 6.19. The number of nitrogens with zero attached hydrogens (tertiary/aromatic N) is 1. The molecule has 178 valence electrons. The minimum atomic E-state index is -0.0934. The quantitative estimate of drug-likeness (QED) is 0.220. The molecule has 0 fully saturated rings. The molecule has 0 aliphatic carbocycles. The van der Waals surface area contributed by atoms with Gasteiger partial charge >= 0.3 is 0 Å². The monoisotopic (exact) mass is 439 g/mol. The van der Waals surface area contributed by atoms with Crippen LogP contribution in [0.2, 0.25) is 0 Å². The zero-order valence-electron chi connectivity index (χ0n) is 20.3. The topological polar surface area (TPSA) is 57.8 Å². The van der Waals surface area contributed by atoms with E-state index < -0.39 is 0 Å². The van der Waals surface area contributed by atoms with Crippen LogP contribution in [0, 0.1) is 0 Å². The van der Waals surface area contributed by atoms with Gasteiger partial charge in [0.25, 0.3) is 5.91 Å². The van der Waals surface area contributed by atoms with Crippen LogP contribution in [0.3, 0.4) is 0 Å². The molecule has 0 aliphatic heterocycles. The van der Waals surface area contributed by atoms with Crippen LogP contribution >= 0.6 is 0 Å². The second kappa shape index (κ2) is 17.5. The van der Waals surface area contributed by atoms with Crippen LogP contribution in [0.25, 0.3) is 0 Å². The van der Waals surface area contributed by atoms with Crippen LogP contribution in [0.4, 0.5) is 0 Å². The summed E-state index contributed by atoms with van der Waals surface area (Å²) in [4.78, 5) is 19.8. The number of benzene rings is 1. The van der Waals surface area contributed by atoms with E-state index >= 15 is 0 Å². The van der Waals surface area contributed by atoms with Crippen molar-refractivity contribution >= 4 is 5.91 Å². The van der Waals surface area contributed by atoms with Gasteiger partial charge in [-0.3, -0.25) is 4.79 Å². The smallest absolute Gasteiger partial charge is 0.269 e. The fourth-order valence-electron chi connectivity index (χ4n) is 4.14. The molecule has 4 nitrogen and oxygen atoms in total. The van der Waals surface area contributed by atoms with Crippen LogP contribution in [0.5, 0.6) is 0 Å². The highest BCUT2D eigenvalue weighted by atomic mass is 16.1. The van der Waals surface area contributed by atoms with Crippen molar-refractivity contribution in [1.29, 1.82) is 0 Å². The number of nitrogens with one attached hydrogen (secondary N) is 2. The van der Waals surface area contributed by atoms with Gasteiger partial charge in [-0.2, -0.15) is 0 Å². The molecular formula is C28H45N3O. The van der Waals surface area contributed by atoms with Gasteiger partial charge in [0.1, 0.15) is 11.5 Å². The maximum absolute atomic E-state index is 12.3.